The largest absolute Gasteiger partial charge is 0.299 e. The minimum Gasteiger partial charge on any atom is -0.299 e. The summed E-state index contributed by atoms with van der Waals surface area (Å²) < 4.78 is 0. The Hall–Kier alpha value is -2.53. The Kier molecular flexibility index (Phi) is 5.78. The summed E-state index contributed by atoms with van der Waals surface area (Å²) in [5.74, 6) is 0.331. The van der Waals surface area contributed by atoms with Crippen molar-refractivity contribution in [1.82, 2.24) is 15.2 Å². The topological polar surface area (TPSA) is 55.7 Å². The van der Waals surface area contributed by atoms with Gasteiger partial charge in [-0.1, -0.05) is 86.3 Å². The third-order valence-corrected chi connectivity index (χ3v) is 5.51. The highest BCUT2D eigenvalue weighted by atomic mass is 32.2. The van der Waals surface area contributed by atoms with Crippen LogP contribution in [0.2, 0.25) is 0 Å². The summed E-state index contributed by atoms with van der Waals surface area (Å²) in [6.07, 6.45) is 0. The molecule has 0 aliphatic heterocycles. The molecule has 0 radical (unpaired) electrons. The van der Waals surface area contributed by atoms with Crippen molar-refractivity contribution in [2.24, 2.45) is 5.92 Å². The fourth-order valence-electron chi connectivity index (χ4n) is 2.75. The van der Waals surface area contributed by atoms with Crippen molar-refractivity contribution in [2.45, 2.75) is 31.2 Å². The van der Waals surface area contributed by atoms with Gasteiger partial charge in [0, 0.05) is 11.1 Å². The van der Waals surface area contributed by atoms with Gasteiger partial charge in [0.05, 0.1) is 5.25 Å². The van der Waals surface area contributed by atoms with Crippen LogP contribution in [-0.4, -0.2) is 26.2 Å². The first-order chi connectivity index (χ1) is 12.6. The summed E-state index contributed by atoms with van der Waals surface area (Å²) in [6.45, 7) is 5.67. The van der Waals surface area contributed by atoms with Crippen LogP contribution >= 0.6 is 11.8 Å². The highest BCUT2D eigenvalue weighted by molar-refractivity contribution is 8.00. The minimum absolute atomic E-state index is 0.127. The first-order valence-corrected chi connectivity index (χ1v) is 9.47. The lowest BCUT2D eigenvalue weighted by Crippen LogP contribution is -2.20. The van der Waals surface area contributed by atoms with Crippen LogP contribution in [0, 0.1) is 5.92 Å². The van der Waals surface area contributed by atoms with Crippen LogP contribution in [0.25, 0.3) is 22.5 Å². The van der Waals surface area contributed by atoms with E-state index in [4.69, 9.17) is 4.98 Å². The van der Waals surface area contributed by atoms with Gasteiger partial charge < -0.3 is 0 Å². The van der Waals surface area contributed by atoms with Crippen molar-refractivity contribution in [1.29, 1.82) is 0 Å². The summed E-state index contributed by atoms with van der Waals surface area (Å²) in [4.78, 5) is 16.7. The molecule has 3 rings (SSSR count). The highest BCUT2D eigenvalue weighted by Crippen LogP contribution is 2.32. The van der Waals surface area contributed by atoms with E-state index in [1.807, 2.05) is 74.5 Å². The maximum atomic E-state index is 11.9. The average Bonchev–Trinajstić information content (AvgIpc) is 2.67. The molecule has 2 aromatic carbocycles. The number of benzene rings is 2. The van der Waals surface area contributed by atoms with Gasteiger partial charge in [0.1, 0.15) is 17.2 Å². The lowest BCUT2D eigenvalue weighted by Gasteiger charge is -2.16. The van der Waals surface area contributed by atoms with E-state index in [0.717, 1.165) is 22.5 Å². The zero-order valence-electron chi connectivity index (χ0n) is 15.1. The van der Waals surface area contributed by atoms with Gasteiger partial charge in [0.2, 0.25) is 5.16 Å². The van der Waals surface area contributed by atoms with E-state index in [1.165, 1.54) is 11.8 Å². The second kappa shape index (κ2) is 8.23. The Morgan fingerprint density at radius 2 is 1.38 bits per heavy atom. The molecule has 5 heteroatoms. The monoisotopic (exact) mass is 363 g/mol. The molecule has 0 aliphatic carbocycles. The first-order valence-electron chi connectivity index (χ1n) is 8.59. The zero-order valence-corrected chi connectivity index (χ0v) is 15.9. The standard InChI is InChI=1S/C21H21N3OS/c1-14(2)20(15(3)25)26-21-22-18(16-10-6-4-7-11-16)19(23-24-21)17-12-8-5-9-13-17/h4-14,20H,1-3H3. The predicted molar refractivity (Wildman–Crippen MR) is 106 cm³/mol. The molecule has 0 amide bonds. The van der Waals surface area contributed by atoms with E-state index < -0.39 is 0 Å². The van der Waals surface area contributed by atoms with Crippen molar-refractivity contribution >= 4 is 17.5 Å². The number of hydrogen-bond donors (Lipinski definition) is 0. The number of hydrogen-bond acceptors (Lipinski definition) is 5. The van der Waals surface area contributed by atoms with Gasteiger partial charge in [-0.25, -0.2) is 4.98 Å². The Morgan fingerprint density at radius 1 is 0.846 bits per heavy atom. The molecule has 1 atom stereocenters. The molecule has 3 aromatic rings. The Balaban J connectivity index is 2.07. The smallest absolute Gasteiger partial charge is 0.210 e. The van der Waals surface area contributed by atoms with Crippen molar-refractivity contribution in [3.05, 3.63) is 60.7 Å². The predicted octanol–water partition coefficient (Wildman–Crippen LogP) is 4.91. The Bertz CT molecular complexity index is 882. The van der Waals surface area contributed by atoms with Gasteiger partial charge in [-0.3, -0.25) is 4.79 Å². The van der Waals surface area contributed by atoms with E-state index in [1.54, 1.807) is 6.92 Å². The van der Waals surface area contributed by atoms with Gasteiger partial charge in [-0.15, -0.1) is 10.2 Å². The van der Waals surface area contributed by atoms with Crippen LogP contribution in [0.3, 0.4) is 0 Å². The number of thioether (sulfide) groups is 1. The number of aromatic nitrogens is 3. The van der Waals surface area contributed by atoms with E-state index >= 15 is 0 Å². The maximum Gasteiger partial charge on any atom is 0.210 e. The van der Waals surface area contributed by atoms with Gasteiger partial charge in [-0.2, -0.15) is 0 Å². The van der Waals surface area contributed by atoms with Crippen LogP contribution in [-0.2, 0) is 4.79 Å². The van der Waals surface area contributed by atoms with Gasteiger partial charge in [-0.05, 0) is 12.8 Å². The molecule has 132 valence electrons. The third-order valence-electron chi connectivity index (χ3n) is 4.00. The number of carbonyl (C=O) groups is 1. The normalized spacial score (nSPS) is 12.2. The van der Waals surface area contributed by atoms with Gasteiger partial charge in [0.25, 0.3) is 0 Å². The summed E-state index contributed by atoms with van der Waals surface area (Å²) >= 11 is 1.38. The molecule has 0 spiro atoms. The number of Topliss-reactive ketones (excluding diaryl/α,β-unsaturated/α-hetero) is 1. The number of ketones is 1. The fourth-order valence-corrected chi connectivity index (χ4v) is 3.65. The molecule has 0 bridgehead atoms. The molecule has 0 saturated heterocycles. The van der Waals surface area contributed by atoms with Crippen LogP contribution in [0.5, 0.6) is 0 Å². The molecule has 1 unspecified atom stereocenters. The molecule has 1 aromatic heterocycles. The maximum absolute atomic E-state index is 11.9. The molecule has 0 aliphatic rings. The molecule has 1 heterocycles. The molecule has 4 nitrogen and oxygen atoms in total. The quantitative estimate of drug-likeness (QED) is 0.582. The molecular weight excluding hydrogens is 342 g/mol. The van der Waals surface area contributed by atoms with E-state index in [0.29, 0.717) is 5.16 Å². The third kappa shape index (κ3) is 4.17. The molecular formula is C21H21N3OS. The first kappa shape index (κ1) is 18.3. The van der Waals surface area contributed by atoms with E-state index in [-0.39, 0.29) is 17.0 Å². The molecule has 26 heavy (non-hydrogen) atoms. The van der Waals surface area contributed by atoms with Crippen molar-refractivity contribution in [3.8, 4) is 22.5 Å². The van der Waals surface area contributed by atoms with Gasteiger partial charge in [0.15, 0.2) is 0 Å². The molecule has 0 N–H and O–H groups in total. The zero-order chi connectivity index (χ0) is 18.5. The van der Waals surface area contributed by atoms with Crippen molar-refractivity contribution < 1.29 is 4.79 Å². The number of carbonyl (C=O) groups excluding carboxylic acids is 1. The van der Waals surface area contributed by atoms with Crippen molar-refractivity contribution in [3.63, 3.8) is 0 Å². The van der Waals surface area contributed by atoms with Crippen LogP contribution in [0.15, 0.2) is 65.8 Å². The fraction of sp³-hybridized carbons (Fsp3) is 0.238. The summed E-state index contributed by atoms with van der Waals surface area (Å²) in [5, 5.41) is 9.10. The van der Waals surface area contributed by atoms with Crippen LogP contribution in [0.1, 0.15) is 20.8 Å². The number of rotatable bonds is 6. The van der Waals surface area contributed by atoms with Crippen LogP contribution in [0.4, 0.5) is 0 Å². The summed E-state index contributed by atoms with van der Waals surface area (Å²) in [7, 11) is 0. The highest BCUT2D eigenvalue weighted by Gasteiger charge is 2.22. The molecule has 0 saturated carbocycles. The van der Waals surface area contributed by atoms with Gasteiger partial charge >= 0.3 is 0 Å². The second-order valence-corrected chi connectivity index (χ2v) is 7.53. The molecule has 0 fully saturated rings. The number of nitrogens with zero attached hydrogens (tertiary/aromatic N) is 3. The van der Waals surface area contributed by atoms with Crippen LogP contribution < -0.4 is 0 Å². The Labute approximate surface area is 158 Å². The minimum atomic E-state index is -0.178. The second-order valence-electron chi connectivity index (χ2n) is 6.42. The average molecular weight is 363 g/mol. The van der Waals surface area contributed by atoms with Crippen molar-refractivity contribution in [2.75, 3.05) is 0 Å². The Morgan fingerprint density at radius 3 is 1.88 bits per heavy atom. The summed E-state index contributed by atoms with van der Waals surface area (Å²) in [5.41, 5.74) is 3.47. The lowest BCUT2D eigenvalue weighted by atomic mass is 10.0. The SMILES string of the molecule is CC(=O)C(Sc1nnc(-c2ccccc2)c(-c2ccccc2)n1)C(C)C. The van der Waals surface area contributed by atoms with E-state index in [2.05, 4.69) is 10.2 Å². The van der Waals surface area contributed by atoms with E-state index in [9.17, 15) is 4.79 Å². The summed E-state index contributed by atoms with van der Waals surface area (Å²) in [6, 6.07) is 19.9. The lowest BCUT2D eigenvalue weighted by molar-refractivity contribution is -0.117.